The second-order valence-electron chi connectivity index (χ2n) is 14.3. The fourth-order valence-electron chi connectivity index (χ4n) is 7.09. The largest absolute Gasteiger partial charge is 0.462 e. The molecule has 49 heavy (non-hydrogen) atoms. The summed E-state index contributed by atoms with van der Waals surface area (Å²) in [7, 11) is 0. The minimum Gasteiger partial charge on any atom is -0.462 e. The Kier molecular flexibility index (Phi) is 11.4. The van der Waals surface area contributed by atoms with Crippen molar-refractivity contribution in [2.45, 2.75) is 109 Å². The third-order valence-corrected chi connectivity index (χ3v) is 10.0. The van der Waals surface area contributed by atoms with Crippen LogP contribution in [-0.2, 0) is 28.5 Å². The molecule has 0 saturated heterocycles. The molecule has 11 heteroatoms. The van der Waals surface area contributed by atoms with Gasteiger partial charge >= 0.3 is 23.9 Å². The Bertz CT molecular complexity index is 1530. The van der Waals surface area contributed by atoms with E-state index in [0.717, 1.165) is 6.92 Å². The van der Waals surface area contributed by atoms with Crippen LogP contribution in [0.15, 0.2) is 72.3 Å². The van der Waals surface area contributed by atoms with Gasteiger partial charge in [0.15, 0.2) is 5.60 Å². The van der Waals surface area contributed by atoms with Gasteiger partial charge in [0, 0.05) is 31.6 Å². The second-order valence-corrected chi connectivity index (χ2v) is 14.3. The van der Waals surface area contributed by atoms with Gasteiger partial charge in [-0.2, -0.15) is 0 Å². The summed E-state index contributed by atoms with van der Waals surface area (Å²) in [6.07, 6.45) is -4.86. The summed E-state index contributed by atoms with van der Waals surface area (Å²) in [4.78, 5) is 52.1. The van der Waals surface area contributed by atoms with Crippen LogP contribution in [0, 0.1) is 17.3 Å². The lowest BCUT2D eigenvalue weighted by Gasteiger charge is -2.47. The highest BCUT2D eigenvalue weighted by Crippen LogP contribution is 2.51. The molecule has 0 bridgehead atoms. The van der Waals surface area contributed by atoms with E-state index in [1.807, 2.05) is 13.8 Å². The number of benzene rings is 2. The minimum absolute atomic E-state index is 0.0120. The Morgan fingerprint density at radius 1 is 0.776 bits per heavy atom. The van der Waals surface area contributed by atoms with Gasteiger partial charge in [-0.05, 0) is 56.5 Å². The number of rotatable bonds is 6. The smallest absolute Gasteiger partial charge is 0.338 e. The van der Waals surface area contributed by atoms with Crippen molar-refractivity contribution < 1.29 is 53.4 Å². The van der Waals surface area contributed by atoms with Crippen molar-refractivity contribution in [2.24, 2.45) is 17.3 Å². The van der Waals surface area contributed by atoms with Crippen LogP contribution in [0.4, 0.5) is 0 Å². The first-order valence-electron chi connectivity index (χ1n) is 16.6. The van der Waals surface area contributed by atoms with Gasteiger partial charge < -0.3 is 34.3 Å². The average molecular weight is 681 g/mol. The predicted octanol–water partition coefficient (Wildman–Crippen LogP) is 4.57. The maximum Gasteiger partial charge on any atom is 0.338 e. The Labute approximate surface area is 287 Å². The van der Waals surface area contributed by atoms with E-state index in [1.54, 1.807) is 80.6 Å². The summed E-state index contributed by atoms with van der Waals surface area (Å²) in [5.41, 5.74) is -4.10. The van der Waals surface area contributed by atoms with Gasteiger partial charge in [-0.25, -0.2) is 9.59 Å². The van der Waals surface area contributed by atoms with Crippen LogP contribution in [0.2, 0.25) is 0 Å². The van der Waals surface area contributed by atoms with Gasteiger partial charge in [0.1, 0.15) is 30.5 Å². The Morgan fingerprint density at radius 2 is 1.31 bits per heavy atom. The van der Waals surface area contributed by atoms with Crippen molar-refractivity contribution in [3.8, 4) is 0 Å². The van der Waals surface area contributed by atoms with Gasteiger partial charge in [0.25, 0.3) is 0 Å². The van der Waals surface area contributed by atoms with Crippen molar-refractivity contribution in [3.63, 3.8) is 0 Å². The molecule has 0 aliphatic heterocycles. The minimum atomic E-state index is -2.20. The summed E-state index contributed by atoms with van der Waals surface area (Å²) in [6, 6.07) is 16.5. The fraction of sp³-hybridized carbons (Fsp3) is 0.526. The molecule has 0 aromatic heterocycles. The Hall–Kier alpha value is -4.06. The third-order valence-electron chi connectivity index (χ3n) is 10.0. The normalized spacial score (nSPS) is 34.1. The maximum absolute atomic E-state index is 13.5. The zero-order valence-corrected chi connectivity index (χ0v) is 29.1. The number of esters is 4. The molecule has 1 fully saturated rings. The van der Waals surface area contributed by atoms with E-state index in [0.29, 0.717) is 5.57 Å². The summed E-state index contributed by atoms with van der Waals surface area (Å²) in [5, 5.41) is 36.0. The molecule has 11 nitrogen and oxygen atoms in total. The summed E-state index contributed by atoms with van der Waals surface area (Å²) in [5.74, 6) is -4.92. The molecule has 0 spiro atoms. The van der Waals surface area contributed by atoms with Gasteiger partial charge in [0.05, 0.1) is 22.6 Å². The van der Waals surface area contributed by atoms with Crippen LogP contribution in [0.25, 0.3) is 0 Å². The summed E-state index contributed by atoms with van der Waals surface area (Å²) in [6.45, 7) is 10.7. The number of aliphatic hydroxyl groups is 3. The Morgan fingerprint density at radius 3 is 1.82 bits per heavy atom. The fourth-order valence-corrected chi connectivity index (χ4v) is 7.09. The summed E-state index contributed by atoms with van der Waals surface area (Å²) < 4.78 is 23.8. The lowest BCUT2D eigenvalue weighted by molar-refractivity contribution is -0.232. The van der Waals surface area contributed by atoms with Crippen molar-refractivity contribution in [1.82, 2.24) is 0 Å². The lowest BCUT2D eigenvalue weighted by atomic mass is 9.70. The lowest BCUT2D eigenvalue weighted by Crippen LogP contribution is -2.64. The van der Waals surface area contributed by atoms with Crippen LogP contribution < -0.4 is 0 Å². The number of ether oxygens (including phenoxy) is 4. The van der Waals surface area contributed by atoms with E-state index in [9.17, 15) is 34.5 Å². The molecule has 2 aromatic rings. The van der Waals surface area contributed by atoms with E-state index in [4.69, 9.17) is 18.9 Å². The maximum atomic E-state index is 13.5. The number of carbonyl (C=O) groups excluding carboxylic acids is 4. The number of fused-ring (bicyclic) bond motifs is 1. The van der Waals surface area contributed by atoms with Crippen LogP contribution >= 0.6 is 0 Å². The van der Waals surface area contributed by atoms with E-state index in [1.165, 1.54) is 13.8 Å². The van der Waals surface area contributed by atoms with E-state index >= 15 is 0 Å². The molecule has 2 unspecified atom stereocenters. The SMILES string of the molecule is CC(=O)OC1C[C@@H](OC(=O)c2ccccc2)/C(C)=C/[C@H]2[C@@H](OC(=O)c3ccccc3)[C@@H](C)C(O)[C@]2(OC(C)=O)[C@H](O)[C@](C)(O)CCC1(C)C. The second kappa shape index (κ2) is 14.8. The third kappa shape index (κ3) is 8.06. The molecule has 2 aliphatic carbocycles. The molecular weight excluding hydrogens is 632 g/mol. The first-order valence-corrected chi connectivity index (χ1v) is 16.6. The zero-order valence-electron chi connectivity index (χ0n) is 29.1. The van der Waals surface area contributed by atoms with Crippen molar-refractivity contribution in [1.29, 1.82) is 0 Å². The molecule has 2 aromatic carbocycles. The van der Waals surface area contributed by atoms with Gasteiger partial charge in [-0.1, -0.05) is 63.2 Å². The van der Waals surface area contributed by atoms with Crippen molar-refractivity contribution >= 4 is 23.9 Å². The standard InChI is InChI=1S/C38H48O11/c1-22-20-28-31(48-34(43)27-16-12-9-13-17-27)23(2)32(41)38(28,49-25(4)40)35(44)37(7,45)19-18-36(5,6)30(46-24(3)39)21-29(22)47-33(42)26-14-10-8-11-15-26/h8-17,20,23,28-32,35,41,44-45H,18-19,21H2,1-7H3/b22-20+/t23-,28+,29-,30?,31+,32?,35-,37-,38+/m1/s1. The zero-order chi connectivity index (χ0) is 36.3. The van der Waals surface area contributed by atoms with E-state index < -0.39 is 82.8 Å². The highest BCUT2D eigenvalue weighted by atomic mass is 16.6. The molecule has 9 atom stereocenters. The van der Waals surface area contributed by atoms with Crippen LogP contribution in [-0.4, -0.2) is 80.9 Å². The van der Waals surface area contributed by atoms with Crippen molar-refractivity contribution in [2.75, 3.05) is 0 Å². The molecular formula is C38H48O11. The molecule has 266 valence electrons. The number of carbonyl (C=O) groups is 4. The molecule has 2 aliphatic rings. The number of hydrogen-bond acceptors (Lipinski definition) is 11. The molecule has 1 saturated carbocycles. The summed E-state index contributed by atoms with van der Waals surface area (Å²) >= 11 is 0. The van der Waals surface area contributed by atoms with Gasteiger partial charge in [-0.3, -0.25) is 9.59 Å². The number of aliphatic hydroxyl groups excluding tert-OH is 2. The topological polar surface area (TPSA) is 166 Å². The molecule has 0 amide bonds. The average Bonchev–Trinajstić information content (AvgIpc) is 3.23. The first-order chi connectivity index (χ1) is 22.9. The van der Waals surface area contributed by atoms with E-state index in [2.05, 4.69) is 0 Å². The van der Waals surface area contributed by atoms with Gasteiger partial charge in [-0.15, -0.1) is 0 Å². The molecule has 3 N–H and O–H groups in total. The molecule has 0 radical (unpaired) electrons. The first kappa shape index (κ1) is 37.8. The van der Waals surface area contributed by atoms with Crippen LogP contribution in [0.5, 0.6) is 0 Å². The highest BCUT2D eigenvalue weighted by molar-refractivity contribution is 5.90. The van der Waals surface area contributed by atoms with Crippen molar-refractivity contribution in [3.05, 3.63) is 83.4 Å². The Balaban J connectivity index is 1.95. The van der Waals surface area contributed by atoms with Crippen LogP contribution in [0.3, 0.4) is 0 Å². The highest BCUT2D eigenvalue weighted by Gasteiger charge is 2.68. The predicted molar refractivity (Wildman–Crippen MR) is 178 cm³/mol. The quantitative estimate of drug-likeness (QED) is 0.222. The van der Waals surface area contributed by atoms with Crippen LogP contribution in [0.1, 0.15) is 88.4 Å². The monoisotopic (exact) mass is 680 g/mol. The molecule has 4 rings (SSSR count). The number of hydrogen-bond donors (Lipinski definition) is 3. The van der Waals surface area contributed by atoms with Gasteiger partial charge in [0.2, 0.25) is 0 Å². The van der Waals surface area contributed by atoms with E-state index in [-0.39, 0.29) is 30.4 Å². The molecule has 0 heterocycles.